The molecular weight excluding hydrogens is 500 g/mol. The van der Waals surface area contributed by atoms with E-state index >= 15 is 0 Å². The number of carbonyl (C=O) groups is 2. The maximum atomic E-state index is 13.6. The average Bonchev–Trinajstić information content (AvgIpc) is 3.32. The van der Waals surface area contributed by atoms with Crippen LogP contribution in [0.25, 0.3) is 10.2 Å². The Bertz CT molecular complexity index is 1190. The van der Waals surface area contributed by atoms with E-state index in [4.69, 9.17) is 4.74 Å². The molecule has 0 aliphatic carbocycles. The Morgan fingerprint density at radius 2 is 2.00 bits per heavy atom. The van der Waals surface area contributed by atoms with Gasteiger partial charge in [0.25, 0.3) is 0 Å². The van der Waals surface area contributed by atoms with Crippen molar-refractivity contribution >= 4 is 33.2 Å². The van der Waals surface area contributed by atoms with Gasteiger partial charge in [-0.15, -0.1) is 17.9 Å². The van der Waals surface area contributed by atoms with Crippen molar-refractivity contribution < 1.29 is 24.5 Å². The number of rotatable bonds is 3. The van der Waals surface area contributed by atoms with Gasteiger partial charge in [0.05, 0.1) is 57.0 Å². The number of nitrogens with one attached hydrogen (secondary N) is 1. The zero-order chi connectivity index (χ0) is 27.8. The molecule has 7 nitrogen and oxygen atoms in total. The molecule has 4 rings (SSSR count). The van der Waals surface area contributed by atoms with Crippen LogP contribution in [0.3, 0.4) is 0 Å². The number of amides is 1. The van der Waals surface area contributed by atoms with Crippen molar-refractivity contribution in [2.24, 2.45) is 17.3 Å². The fourth-order valence-corrected chi connectivity index (χ4v) is 6.63. The van der Waals surface area contributed by atoms with E-state index in [2.05, 4.69) is 23.8 Å². The van der Waals surface area contributed by atoms with Gasteiger partial charge in [-0.25, -0.2) is 4.98 Å². The van der Waals surface area contributed by atoms with Gasteiger partial charge in [-0.3, -0.25) is 9.59 Å². The van der Waals surface area contributed by atoms with E-state index in [-0.39, 0.29) is 41.8 Å². The summed E-state index contributed by atoms with van der Waals surface area (Å²) in [5, 5.41) is 26.3. The molecule has 0 unspecified atom stereocenters. The molecule has 2 aliphatic heterocycles. The van der Waals surface area contributed by atoms with Crippen LogP contribution in [0.1, 0.15) is 82.8 Å². The van der Waals surface area contributed by atoms with Crippen molar-refractivity contribution in [3.8, 4) is 0 Å². The number of fused-ring (bicyclic) bond motifs is 2. The highest BCUT2D eigenvalue weighted by Gasteiger charge is 2.52. The van der Waals surface area contributed by atoms with E-state index in [9.17, 15) is 19.8 Å². The van der Waals surface area contributed by atoms with Crippen LogP contribution >= 0.6 is 11.3 Å². The monoisotopic (exact) mass is 542 g/mol. The molecule has 1 aromatic heterocycles. The zero-order valence-corrected chi connectivity index (χ0v) is 24.0. The molecule has 8 heteroatoms. The van der Waals surface area contributed by atoms with Crippen LogP contribution in [0.2, 0.25) is 0 Å². The largest absolute Gasteiger partial charge is 0.392 e. The van der Waals surface area contributed by atoms with E-state index in [0.29, 0.717) is 12.8 Å². The standard InChI is InChI=1S/C30H42N2O5S/c1-7-9-20-27(35)17(2)10-8-13-30(6)25(37-30)15-21(19-11-12-23-22(14-19)31-18(3)38-23)32-26(34)16-24(33)29(4,5)28(20)36/h7,11-12,14,17,20-21,24-25,27,33,35H,1,8-10,13,15-16H2,2-6H3,(H,32,34)/t17-,20-,21+,24+,25-,27-,30+/m1/s1. The number of thiazole rings is 1. The van der Waals surface area contributed by atoms with Gasteiger partial charge in [-0.1, -0.05) is 39.3 Å². The topological polar surface area (TPSA) is 112 Å². The number of Topliss-reactive ketones (excluding diaryl/α,β-unsaturated/α-hetero) is 1. The Morgan fingerprint density at radius 1 is 1.26 bits per heavy atom. The minimum Gasteiger partial charge on any atom is -0.392 e. The minimum absolute atomic E-state index is 0.00902. The number of aliphatic hydroxyl groups is 2. The van der Waals surface area contributed by atoms with Crippen LogP contribution in [-0.4, -0.2) is 50.8 Å². The van der Waals surface area contributed by atoms with Crippen molar-refractivity contribution in [3.05, 3.63) is 41.4 Å². The second-order valence-corrected chi connectivity index (χ2v) is 13.3. The highest BCUT2D eigenvalue weighted by molar-refractivity contribution is 7.18. The van der Waals surface area contributed by atoms with Crippen molar-refractivity contribution in [1.82, 2.24) is 10.3 Å². The molecule has 38 heavy (non-hydrogen) atoms. The van der Waals surface area contributed by atoms with E-state index < -0.39 is 23.5 Å². The van der Waals surface area contributed by atoms with Crippen LogP contribution < -0.4 is 5.32 Å². The number of aliphatic hydroxyl groups excluding tert-OH is 2. The summed E-state index contributed by atoms with van der Waals surface area (Å²) in [4.78, 5) is 31.5. The lowest BCUT2D eigenvalue weighted by atomic mass is 9.71. The molecule has 0 saturated carbocycles. The fraction of sp³-hybridized carbons (Fsp3) is 0.633. The molecule has 2 fully saturated rings. The number of aromatic nitrogens is 1. The minimum atomic E-state index is -1.21. The van der Waals surface area contributed by atoms with E-state index in [1.165, 1.54) is 0 Å². The van der Waals surface area contributed by atoms with Crippen LogP contribution in [0, 0.1) is 24.2 Å². The number of benzene rings is 1. The van der Waals surface area contributed by atoms with E-state index in [1.807, 2.05) is 32.0 Å². The summed E-state index contributed by atoms with van der Waals surface area (Å²) in [6.07, 6.45) is 2.73. The van der Waals surface area contributed by atoms with Crippen molar-refractivity contribution in [2.75, 3.05) is 0 Å². The Labute approximate surface area is 229 Å². The van der Waals surface area contributed by atoms with E-state index in [0.717, 1.165) is 40.1 Å². The molecule has 2 aliphatic rings. The third kappa shape index (κ3) is 6.03. The smallest absolute Gasteiger partial charge is 0.223 e. The maximum Gasteiger partial charge on any atom is 0.223 e. The first kappa shape index (κ1) is 28.9. The molecule has 7 atom stereocenters. The molecule has 3 N–H and O–H groups in total. The Balaban J connectivity index is 1.63. The average molecular weight is 543 g/mol. The highest BCUT2D eigenvalue weighted by Crippen LogP contribution is 2.46. The number of ether oxygens (including phenoxy) is 1. The summed E-state index contributed by atoms with van der Waals surface area (Å²) in [5.74, 6) is -1.37. The summed E-state index contributed by atoms with van der Waals surface area (Å²) in [5.41, 5.74) is 0.346. The number of epoxide rings is 1. The number of allylic oxidation sites excluding steroid dienone is 1. The van der Waals surface area contributed by atoms with Gasteiger partial charge in [0.2, 0.25) is 5.91 Å². The molecule has 2 saturated heterocycles. The zero-order valence-electron chi connectivity index (χ0n) is 23.2. The van der Waals surface area contributed by atoms with Gasteiger partial charge in [0, 0.05) is 12.3 Å². The molecule has 2 aromatic rings. The molecule has 0 spiro atoms. The molecule has 3 heterocycles. The summed E-state index contributed by atoms with van der Waals surface area (Å²) < 4.78 is 7.25. The first-order valence-corrected chi connectivity index (χ1v) is 14.5. The van der Waals surface area contributed by atoms with Crippen molar-refractivity contribution in [1.29, 1.82) is 0 Å². The molecule has 0 radical (unpaired) electrons. The lowest BCUT2D eigenvalue weighted by Crippen LogP contribution is -2.47. The number of nitrogens with zero attached hydrogens (tertiary/aromatic N) is 1. The number of aryl methyl sites for hydroxylation is 1. The summed E-state index contributed by atoms with van der Waals surface area (Å²) >= 11 is 1.63. The van der Waals surface area contributed by atoms with Crippen molar-refractivity contribution in [2.45, 2.75) is 103 Å². The number of hydrogen-bond acceptors (Lipinski definition) is 7. The third-order valence-corrected chi connectivity index (χ3v) is 9.63. The molecule has 1 aromatic carbocycles. The second kappa shape index (κ2) is 11.2. The lowest BCUT2D eigenvalue weighted by molar-refractivity contribution is -0.144. The van der Waals surface area contributed by atoms with Gasteiger partial charge >= 0.3 is 0 Å². The van der Waals surface area contributed by atoms with Gasteiger partial charge in [0.15, 0.2) is 0 Å². The summed E-state index contributed by atoms with van der Waals surface area (Å²) in [6, 6.07) is 5.77. The van der Waals surface area contributed by atoms with E-state index in [1.54, 1.807) is 31.3 Å². The number of ketones is 1. The predicted molar refractivity (Wildman–Crippen MR) is 150 cm³/mol. The highest BCUT2D eigenvalue weighted by atomic mass is 32.1. The molecule has 1 amide bonds. The van der Waals surface area contributed by atoms with Crippen molar-refractivity contribution in [3.63, 3.8) is 0 Å². The normalized spacial score (nSPS) is 34.9. The molecule has 208 valence electrons. The molecular formula is C30H42N2O5S. The Hall–Kier alpha value is -2.13. The first-order valence-electron chi connectivity index (χ1n) is 13.7. The van der Waals surface area contributed by atoms with Crippen LogP contribution in [0.15, 0.2) is 30.9 Å². The Morgan fingerprint density at radius 3 is 2.71 bits per heavy atom. The van der Waals surface area contributed by atoms with Gasteiger partial charge < -0.3 is 20.3 Å². The summed E-state index contributed by atoms with van der Waals surface area (Å²) in [7, 11) is 0. The van der Waals surface area contributed by atoms with Gasteiger partial charge in [-0.05, 0) is 56.7 Å². The first-order chi connectivity index (χ1) is 17.9. The van der Waals surface area contributed by atoms with Crippen LogP contribution in [0.5, 0.6) is 0 Å². The quantitative estimate of drug-likeness (QED) is 0.371. The van der Waals surface area contributed by atoms with Crippen LogP contribution in [0.4, 0.5) is 0 Å². The number of hydrogen-bond donors (Lipinski definition) is 3. The fourth-order valence-electron chi connectivity index (χ4n) is 5.83. The van der Waals surface area contributed by atoms with Crippen LogP contribution in [-0.2, 0) is 14.3 Å². The third-order valence-electron chi connectivity index (χ3n) is 8.67. The Kier molecular flexibility index (Phi) is 8.48. The molecule has 0 bridgehead atoms. The lowest BCUT2D eigenvalue weighted by Gasteiger charge is -2.36. The summed E-state index contributed by atoms with van der Waals surface area (Å²) in [6.45, 7) is 13.1. The predicted octanol–water partition coefficient (Wildman–Crippen LogP) is 5.03. The number of carbonyl (C=O) groups excluding carboxylic acids is 2. The second-order valence-electron chi connectivity index (χ2n) is 12.0. The maximum absolute atomic E-state index is 13.6. The van der Waals surface area contributed by atoms with Gasteiger partial charge in [0.1, 0.15) is 5.78 Å². The van der Waals surface area contributed by atoms with Gasteiger partial charge in [-0.2, -0.15) is 0 Å². The SMILES string of the molecule is C=CC[C@H]1C(=O)C(C)(C)[C@@H](O)CC(=O)N[C@H](c2ccc3sc(C)nc3c2)C[C@H]2O[C@@]2(C)CCC[C@@H](C)[C@H]1O.